The number of nitriles is 1. The smallest absolute Gasteiger partial charge is 0.266 e. The molecule has 3 aromatic rings. The van der Waals surface area contributed by atoms with Gasteiger partial charge < -0.3 is 14.8 Å². The molecule has 0 saturated carbocycles. The van der Waals surface area contributed by atoms with Gasteiger partial charge in [0, 0.05) is 5.02 Å². The average molecular weight is 433 g/mol. The fourth-order valence-electron chi connectivity index (χ4n) is 2.91. The van der Waals surface area contributed by atoms with Crippen molar-refractivity contribution >= 4 is 29.3 Å². The molecule has 0 aliphatic carbocycles. The second-order valence-electron chi connectivity index (χ2n) is 6.82. The number of carbonyl (C=O) groups excluding carboxylic acids is 1. The van der Waals surface area contributed by atoms with Crippen molar-refractivity contribution in [3.63, 3.8) is 0 Å². The number of hydrogen-bond acceptors (Lipinski definition) is 4. The monoisotopic (exact) mass is 432 g/mol. The first kappa shape index (κ1) is 21.9. The largest absolute Gasteiger partial charge is 0.495 e. The van der Waals surface area contributed by atoms with E-state index in [1.807, 2.05) is 31.2 Å². The van der Waals surface area contributed by atoms with Crippen LogP contribution in [0.2, 0.25) is 5.02 Å². The maximum Gasteiger partial charge on any atom is 0.266 e. The number of carbonyl (C=O) groups is 1. The summed E-state index contributed by atoms with van der Waals surface area (Å²) < 4.78 is 11.0. The van der Waals surface area contributed by atoms with Gasteiger partial charge >= 0.3 is 0 Å². The summed E-state index contributed by atoms with van der Waals surface area (Å²) >= 11 is 5.99. The van der Waals surface area contributed by atoms with E-state index in [2.05, 4.69) is 11.4 Å². The van der Waals surface area contributed by atoms with Crippen molar-refractivity contribution in [2.75, 3.05) is 12.4 Å². The third-order valence-electron chi connectivity index (χ3n) is 4.45. The van der Waals surface area contributed by atoms with Crippen LogP contribution in [-0.2, 0) is 11.4 Å². The number of halogens is 1. The predicted molar refractivity (Wildman–Crippen MR) is 122 cm³/mol. The molecule has 1 amide bonds. The molecule has 3 rings (SSSR count). The minimum atomic E-state index is -0.553. The van der Waals surface area contributed by atoms with Crippen LogP contribution in [0, 0.1) is 18.3 Å². The van der Waals surface area contributed by atoms with Gasteiger partial charge in [0.1, 0.15) is 29.7 Å². The normalized spacial score (nSPS) is 10.8. The molecule has 3 aromatic carbocycles. The molecule has 0 spiro atoms. The number of hydrogen-bond donors (Lipinski definition) is 1. The first-order valence-corrected chi connectivity index (χ1v) is 9.91. The summed E-state index contributed by atoms with van der Waals surface area (Å²) in [6.45, 7) is 2.50. The highest BCUT2D eigenvalue weighted by atomic mass is 35.5. The van der Waals surface area contributed by atoms with Gasteiger partial charge in [-0.05, 0) is 54.5 Å². The van der Waals surface area contributed by atoms with Crippen LogP contribution < -0.4 is 14.8 Å². The second kappa shape index (κ2) is 10.3. The lowest BCUT2D eigenvalue weighted by atomic mass is 10.1. The summed E-state index contributed by atoms with van der Waals surface area (Å²) in [6.07, 6.45) is 1.51. The van der Waals surface area contributed by atoms with Crippen molar-refractivity contribution < 1.29 is 14.3 Å². The fourth-order valence-corrected chi connectivity index (χ4v) is 3.08. The molecule has 31 heavy (non-hydrogen) atoms. The number of nitrogens with zero attached hydrogens (tertiary/aromatic N) is 1. The van der Waals surface area contributed by atoms with Crippen LogP contribution in [0.3, 0.4) is 0 Å². The van der Waals surface area contributed by atoms with Gasteiger partial charge in [-0.2, -0.15) is 5.26 Å². The Bertz CT molecular complexity index is 1150. The number of nitrogens with one attached hydrogen (secondary N) is 1. The Morgan fingerprint density at radius 1 is 1.13 bits per heavy atom. The van der Waals surface area contributed by atoms with Gasteiger partial charge in [0.25, 0.3) is 5.91 Å². The van der Waals surface area contributed by atoms with Crippen molar-refractivity contribution in [3.8, 4) is 17.6 Å². The molecule has 6 heteroatoms. The molecule has 0 heterocycles. The van der Waals surface area contributed by atoms with Gasteiger partial charge in [0.2, 0.25) is 0 Å². The van der Waals surface area contributed by atoms with E-state index in [-0.39, 0.29) is 5.57 Å². The zero-order valence-corrected chi connectivity index (χ0v) is 17.9. The Kier molecular flexibility index (Phi) is 7.31. The summed E-state index contributed by atoms with van der Waals surface area (Å²) in [5, 5.41) is 12.6. The summed E-state index contributed by atoms with van der Waals surface area (Å²) in [6, 6.07) is 22.1. The fraction of sp³-hybridized carbons (Fsp3) is 0.120. The highest BCUT2D eigenvalue weighted by Crippen LogP contribution is 2.28. The summed E-state index contributed by atoms with van der Waals surface area (Å²) in [4.78, 5) is 12.6. The van der Waals surface area contributed by atoms with Gasteiger partial charge in [-0.1, -0.05) is 53.6 Å². The third kappa shape index (κ3) is 6.11. The summed E-state index contributed by atoms with van der Waals surface area (Å²) in [5.41, 5.74) is 3.31. The van der Waals surface area contributed by atoms with E-state index in [1.165, 1.54) is 18.7 Å². The highest BCUT2D eigenvalue weighted by molar-refractivity contribution is 6.31. The van der Waals surface area contributed by atoms with Crippen molar-refractivity contribution in [2.45, 2.75) is 13.5 Å². The van der Waals surface area contributed by atoms with Crippen LogP contribution >= 0.6 is 11.6 Å². The minimum Gasteiger partial charge on any atom is -0.495 e. The maximum atomic E-state index is 12.6. The Hall–Kier alpha value is -3.75. The first-order valence-electron chi connectivity index (χ1n) is 9.53. The SMILES string of the molecule is COc1ccc(Cl)cc1NC(=O)/C(C#N)=C/c1ccc(OCc2cccc(C)c2)cc1. The van der Waals surface area contributed by atoms with Crippen LogP contribution in [0.25, 0.3) is 6.08 Å². The van der Waals surface area contributed by atoms with E-state index in [1.54, 1.807) is 42.5 Å². The van der Waals surface area contributed by atoms with Crippen LogP contribution in [0.1, 0.15) is 16.7 Å². The molecule has 0 aliphatic heterocycles. The summed E-state index contributed by atoms with van der Waals surface area (Å²) in [5.74, 6) is 0.596. The molecule has 5 nitrogen and oxygen atoms in total. The quantitative estimate of drug-likeness (QED) is 0.379. The van der Waals surface area contributed by atoms with Crippen molar-refractivity contribution in [1.82, 2.24) is 0 Å². The Morgan fingerprint density at radius 3 is 2.58 bits per heavy atom. The topological polar surface area (TPSA) is 71.3 Å². The minimum absolute atomic E-state index is 0.0459. The maximum absolute atomic E-state index is 12.6. The molecule has 0 bridgehead atoms. The molecule has 156 valence electrons. The Morgan fingerprint density at radius 2 is 1.90 bits per heavy atom. The van der Waals surface area contributed by atoms with E-state index >= 15 is 0 Å². The average Bonchev–Trinajstić information content (AvgIpc) is 2.77. The van der Waals surface area contributed by atoms with E-state index < -0.39 is 5.91 Å². The molecule has 0 saturated heterocycles. The van der Waals surface area contributed by atoms with Crippen molar-refractivity contribution in [3.05, 3.63) is 94.0 Å². The van der Waals surface area contributed by atoms with Crippen LogP contribution in [0.15, 0.2) is 72.3 Å². The number of anilines is 1. The number of amides is 1. The lowest BCUT2D eigenvalue weighted by Gasteiger charge is -2.10. The lowest BCUT2D eigenvalue weighted by Crippen LogP contribution is -2.14. The highest BCUT2D eigenvalue weighted by Gasteiger charge is 2.13. The molecule has 0 unspecified atom stereocenters. The first-order chi connectivity index (χ1) is 15.0. The molecule has 0 radical (unpaired) electrons. The number of methoxy groups -OCH3 is 1. The predicted octanol–water partition coefficient (Wildman–Crippen LogP) is 5.78. The van der Waals surface area contributed by atoms with Crippen LogP contribution in [0.5, 0.6) is 11.5 Å². The molecule has 0 atom stereocenters. The molecule has 0 aromatic heterocycles. The van der Waals surface area contributed by atoms with E-state index in [9.17, 15) is 10.1 Å². The van der Waals surface area contributed by atoms with E-state index in [0.717, 1.165) is 5.56 Å². The molecule has 0 fully saturated rings. The Labute approximate surface area is 186 Å². The second-order valence-corrected chi connectivity index (χ2v) is 7.25. The zero-order valence-electron chi connectivity index (χ0n) is 17.2. The van der Waals surface area contributed by atoms with Gasteiger partial charge in [0.15, 0.2) is 0 Å². The molecular formula is C25H21ClN2O3. The number of benzene rings is 3. The van der Waals surface area contributed by atoms with Gasteiger partial charge in [-0.3, -0.25) is 4.79 Å². The molecule has 0 aliphatic rings. The van der Waals surface area contributed by atoms with Crippen LogP contribution in [-0.4, -0.2) is 13.0 Å². The van der Waals surface area contributed by atoms with Crippen molar-refractivity contribution in [2.24, 2.45) is 0 Å². The number of aryl methyl sites for hydroxylation is 1. The van der Waals surface area contributed by atoms with E-state index in [0.29, 0.717) is 34.4 Å². The van der Waals surface area contributed by atoms with Gasteiger partial charge in [0.05, 0.1) is 12.8 Å². The lowest BCUT2D eigenvalue weighted by molar-refractivity contribution is -0.112. The van der Waals surface area contributed by atoms with Gasteiger partial charge in [-0.25, -0.2) is 0 Å². The summed E-state index contributed by atoms with van der Waals surface area (Å²) in [7, 11) is 1.49. The number of rotatable bonds is 7. The van der Waals surface area contributed by atoms with Gasteiger partial charge in [-0.15, -0.1) is 0 Å². The number of ether oxygens (including phenoxy) is 2. The van der Waals surface area contributed by atoms with Crippen LogP contribution in [0.4, 0.5) is 5.69 Å². The third-order valence-corrected chi connectivity index (χ3v) is 4.69. The Balaban J connectivity index is 1.68. The van der Waals surface area contributed by atoms with E-state index in [4.69, 9.17) is 21.1 Å². The zero-order chi connectivity index (χ0) is 22.2. The molecule has 1 N–H and O–H groups in total. The molecular weight excluding hydrogens is 412 g/mol. The standard InChI is InChI=1S/C25H21ClN2O3/c1-17-4-3-5-19(12-17)16-31-22-9-6-18(7-10-22)13-20(15-27)25(29)28-23-14-21(26)8-11-24(23)30-2/h3-14H,16H2,1-2H3,(H,28,29)/b20-13+. The van der Waals surface area contributed by atoms with Crippen molar-refractivity contribution in [1.29, 1.82) is 5.26 Å².